The van der Waals surface area contributed by atoms with Gasteiger partial charge in [-0.2, -0.15) is 0 Å². The van der Waals surface area contributed by atoms with Gasteiger partial charge < -0.3 is 4.90 Å². The van der Waals surface area contributed by atoms with Crippen molar-refractivity contribution in [2.75, 3.05) is 7.05 Å². The van der Waals surface area contributed by atoms with E-state index in [0.717, 1.165) is 24.8 Å². The number of hydrogen-bond acceptors (Lipinski definition) is 3. The molecule has 0 N–H and O–H groups in total. The Morgan fingerprint density at radius 2 is 2.19 bits per heavy atom. The van der Waals surface area contributed by atoms with Gasteiger partial charge in [0.05, 0.1) is 11.0 Å². The molecule has 0 heterocycles. The molecule has 5 nitrogen and oxygen atoms in total. The molecule has 0 aliphatic heterocycles. The summed E-state index contributed by atoms with van der Waals surface area (Å²) in [6.45, 7) is 1.90. The molecular formula is C16H20N2O3. The molecule has 1 aliphatic carbocycles. The first kappa shape index (κ1) is 15.2. The molecule has 1 aromatic rings. The third kappa shape index (κ3) is 3.48. The summed E-state index contributed by atoms with van der Waals surface area (Å²) < 4.78 is 0. The molecular weight excluding hydrogens is 268 g/mol. The van der Waals surface area contributed by atoms with Crippen LogP contribution in [0.3, 0.4) is 0 Å². The summed E-state index contributed by atoms with van der Waals surface area (Å²) in [5.41, 5.74) is 0.840. The van der Waals surface area contributed by atoms with Gasteiger partial charge in [0, 0.05) is 25.1 Å². The SMILES string of the molecule is C[C@@H](c1cccc([N+](=O)[O-])c1)N(C)C(=O)[C@H]1CC=CCC1. The van der Waals surface area contributed by atoms with E-state index in [9.17, 15) is 14.9 Å². The van der Waals surface area contributed by atoms with Crippen molar-refractivity contribution in [3.05, 3.63) is 52.1 Å². The maximum Gasteiger partial charge on any atom is 0.269 e. The van der Waals surface area contributed by atoms with Crippen LogP contribution in [0.1, 0.15) is 37.8 Å². The van der Waals surface area contributed by atoms with Gasteiger partial charge in [-0.1, -0.05) is 24.3 Å². The molecule has 0 saturated carbocycles. The first-order chi connectivity index (χ1) is 10.0. The average molecular weight is 288 g/mol. The minimum absolute atomic E-state index is 0.0288. The van der Waals surface area contributed by atoms with Crippen molar-refractivity contribution in [3.63, 3.8) is 0 Å². The first-order valence-corrected chi connectivity index (χ1v) is 7.16. The highest BCUT2D eigenvalue weighted by atomic mass is 16.6. The summed E-state index contributed by atoms with van der Waals surface area (Å²) in [5.74, 6) is 0.138. The summed E-state index contributed by atoms with van der Waals surface area (Å²) in [6, 6.07) is 6.30. The fourth-order valence-electron chi connectivity index (χ4n) is 2.62. The number of nitro groups is 1. The third-order valence-corrected chi connectivity index (χ3v) is 4.11. The van der Waals surface area contributed by atoms with Gasteiger partial charge in [-0.25, -0.2) is 0 Å². The van der Waals surface area contributed by atoms with Crippen LogP contribution in [0.15, 0.2) is 36.4 Å². The molecule has 0 saturated heterocycles. The number of allylic oxidation sites excluding steroid dienone is 2. The zero-order valence-electron chi connectivity index (χ0n) is 12.4. The van der Waals surface area contributed by atoms with Crippen molar-refractivity contribution in [2.45, 2.75) is 32.2 Å². The van der Waals surface area contributed by atoms with Crippen LogP contribution in [0.4, 0.5) is 5.69 Å². The second kappa shape index (κ2) is 6.52. The quantitative estimate of drug-likeness (QED) is 0.484. The average Bonchev–Trinajstić information content (AvgIpc) is 2.53. The lowest BCUT2D eigenvalue weighted by Crippen LogP contribution is -2.35. The summed E-state index contributed by atoms with van der Waals surface area (Å²) in [7, 11) is 1.77. The van der Waals surface area contributed by atoms with Gasteiger partial charge in [-0.3, -0.25) is 14.9 Å². The maximum absolute atomic E-state index is 12.5. The van der Waals surface area contributed by atoms with E-state index >= 15 is 0 Å². The van der Waals surface area contributed by atoms with Crippen molar-refractivity contribution in [1.82, 2.24) is 4.90 Å². The van der Waals surface area contributed by atoms with Gasteiger partial charge >= 0.3 is 0 Å². The molecule has 112 valence electrons. The molecule has 0 bridgehead atoms. The highest BCUT2D eigenvalue weighted by molar-refractivity contribution is 5.79. The smallest absolute Gasteiger partial charge is 0.269 e. The van der Waals surface area contributed by atoms with Gasteiger partial charge in [0.15, 0.2) is 0 Å². The van der Waals surface area contributed by atoms with Gasteiger partial charge in [0.2, 0.25) is 5.91 Å². The Balaban J connectivity index is 2.12. The predicted octanol–water partition coefficient (Wildman–Crippen LogP) is 3.47. The largest absolute Gasteiger partial charge is 0.339 e. The minimum Gasteiger partial charge on any atom is -0.339 e. The van der Waals surface area contributed by atoms with Gasteiger partial charge in [-0.05, 0) is 31.7 Å². The first-order valence-electron chi connectivity index (χ1n) is 7.16. The van der Waals surface area contributed by atoms with Gasteiger partial charge in [0.25, 0.3) is 5.69 Å². The second-order valence-corrected chi connectivity index (χ2v) is 5.46. The summed E-state index contributed by atoms with van der Waals surface area (Å²) >= 11 is 0. The Hall–Kier alpha value is -2.17. The number of benzene rings is 1. The standard InChI is InChI=1S/C16H20N2O3/c1-12(14-9-6-10-15(11-14)18(20)21)17(2)16(19)13-7-4-3-5-8-13/h3-4,6,9-13H,5,7-8H2,1-2H3/t12-,13-/m0/s1. The molecule has 2 rings (SSSR count). The van der Waals surface area contributed by atoms with Crippen molar-refractivity contribution >= 4 is 11.6 Å². The molecule has 5 heteroatoms. The highest BCUT2D eigenvalue weighted by Gasteiger charge is 2.26. The topological polar surface area (TPSA) is 63.5 Å². The number of nitro benzene ring substituents is 1. The minimum atomic E-state index is -0.413. The van der Waals surface area contributed by atoms with E-state index < -0.39 is 4.92 Å². The number of non-ortho nitro benzene ring substituents is 1. The predicted molar refractivity (Wildman–Crippen MR) is 80.8 cm³/mol. The van der Waals surface area contributed by atoms with E-state index in [1.165, 1.54) is 12.1 Å². The second-order valence-electron chi connectivity index (χ2n) is 5.46. The Morgan fingerprint density at radius 3 is 2.81 bits per heavy atom. The highest BCUT2D eigenvalue weighted by Crippen LogP contribution is 2.27. The van der Waals surface area contributed by atoms with Crippen LogP contribution < -0.4 is 0 Å². The number of hydrogen-bond donors (Lipinski definition) is 0. The molecule has 21 heavy (non-hydrogen) atoms. The lowest BCUT2D eigenvalue weighted by Gasteiger charge is -2.29. The monoisotopic (exact) mass is 288 g/mol. The van der Waals surface area contributed by atoms with Crippen LogP contribution in [0.2, 0.25) is 0 Å². The van der Waals surface area contributed by atoms with Crippen LogP contribution in [-0.4, -0.2) is 22.8 Å². The van der Waals surface area contributed by atoms with Crippen molar-refractivity contribution < 1.29 is 9.72 Å². The Bertz CT molecular complexity index is 568. The van der Waals surface area contributed by atoms with Crippen molar-refractivity contribution in [3.8, 4) is 0 Å². The molecule has 0 aromatic heterocycles. The fraction of sp³-hybridized carbons (Fsp3) is 0.438. The van der Waals surface area contributed by atoms with E-state index in [1.54, 1.807) is 18.0 Å². The van der Waals surface area contributed by atoms with Crippen LogP contribution >= 0.6 is 0 Å². The van der Waals surface area contributed by atoms with Crippen LogP contribution in [0.5, 0.6) is 0 Å². The van der Waals surface area contributed by atoms with E-state index in [0.29, 0.717) is 0 Å². The molecule has 0 unspecified atom stereocenters. The Morgan fingerprint density at radius 1 is 1.43 bits per heavy atom. The molecule has 1 amide bonds. The van der Waals surface area contributed by atoms with E-state index in [2.05, 4.69) is 12.2 Å². The van der Waals surface area contributed by atoms with E-state index in [1.807, 2.05) is 13.0 Å². The van der Waals surface area contributed by atoms with E-state index in [4.69, 9.17) is 0 Å². The number of nitrogens with zero attached hydrogens (tertiary/aromatic N) is 2. The maximum atomic E-state index is 12.5. The molecule has 2 atom stereocenters. The fourth-order valence-corrected chi connectivity index (χ4v) is 2.62. The number of amides is 1. The lowest BCUT2D eigenvalue weighted by atomic mass is 9.92. The number of carbonyl (C=O) groups is 1. The van der Waals surface area contributed by atoms with Crippen LogP contribution in [-0.2, 0) is 4.79 Å². The number of rotatable bonds is 4. The third-order valence-electron chi connectivity index (χ3n) is 4.11. The summed E-state index contributed by atoms with van der Waals surface area (Å²) in [5, 5.41) is 10.8. The van der Waals surface area contributed by atoms with Crippen molar-refractivity contribution in [2.24, 2.45) is 5.92 Å². The lowest BCUT2D eigenvalue weighted by molar-refractivity contribution is -0.384. The molecule has 0 radical (unpaired) electrons. The summed E-state index contributed by atoms with van der Waals surface area (Å²) in [6.07, 6.45) is 6.76. The number of carbonyl (C=O) groups excluding carboxylic acids is 1. The molecule has 1 aliphatic rings. The zero-order valence-corrected chi connectivity index (χ0v) is 12.4. The van der Waals surface area contributed by atoms with Crippen molar-refractivity contribution in [1.29, 1.82) is 0 Å². The van der Waals surface area contributed by atoms with E-state index in [-0.39, 0.29) is 23.6 Å². The Kier molecular flexibility index (Phi) is 4.73. The van der Waals surface area contributed by atoms with Gasteiger partial charge in [0.1, 0.15) is 0 Å². The van der Waals surface area contributed by atoms with Crippen LogP contribution in [0, 0.1) is 16.0 Å². The summed E-state index contributed by atoms with van der Waals surface area (Å²) in [4.78, 5) is 24.6. The molecule has 0 fully saturated rings. The normalized spacial score (nSPS) is 19.0. The van der Waals surface area contributed by atoms with Crippen LogP contribution in [0.25, 0.3) is 0 Å². The van der Waals surface area contributed by atoms with Gasteiger partial charge in [-0.15, -0.1) is 0 Å². The molecule has 1 aromatic carbocycles. The zero-order chi connectivity index (χ0) is 15.4. The Labute approximate surface area is 124 Å². The molecule has 0 spiro atoms.